The fourth-order valence-corrected chi connectivity index (χ4v) is 1.60. The molecule has 0 aliphatic carbocycles. The molecule has 0 aromatic carbocycles. The first-order valence-corrected chi connectivity index (χ1v) is 6.30. The van der Waals surface area contributed by atoms with Gasteiger partial charge in [-0.25, -0.2) is 4.79 Å². The second-order valence-electron chi connectivity index (χ2n) is 5.30. The standard InChI is InChI=1S/C13H22N2O3/c1-13(2,3)18-12(17)10-9-14-15-11(10)7-5-4-6-8-16/h9,16H,4-8H2,1-3H3,(H,14,15). The number of nitrogens with zero attached hydrogens (tertiary/aromatic N) is 1. The van der Waals surface area contributed by atoms with Gasteiger partial charge < -0.3 is 9.84 Å². The minimum Gasteiger partial charge on any atom is -0.456 e. The molecule has 0 fully saturated rings. The van der Waals surface area contributed by atoms with Crippen LogP contribution in [0.5, 0.6) is 0 Å². The summed E-state index contributed by atoms with van der Waals surface area (Å²) in [6, 6.07) is 0. The predicted molar refractivity (Wildman–Crippen MR) is 68.4 cm³/mol. The van der Waals surface area contributed by atoms with E-state index in [2.05, 4.69) is 10.2 Å². The summed E-state index contributed by atoms with van der Waals surface area (Å²) in [7, 11) is 0. The minimum absolute atomic E-state index is 0.210. The van der Waals surface area contributed by atoms with E-state index in [1.54, 1.807) is 0 Å². The van der Waals surface area contributed by atoms with Crippen molar-refractivity contribution in [1.29, 1.82) is 0 Å². The Hall–Kier alpha value is -1.36. The van der Waals surface area contributed by atoms with E-state index in [0.717, 1.165) is 31.4 Å². The van der Waals surface area contributed by atoms with Gasteiger partial charge in [0.25, 0.3) is 0 Å². The Kier molecular flexibility index (Phi) is 5.34. The topological polar surface area (TPSA) is 75.2 Å². The molecule has 1 aromatic heterocycles. The minimum atomic E-state index is -0.498. The molecule has 0 saturated heterocycles. The van der Waals surface area contributed by atoms with E-state index < -0.39 is 5.60 Å². The molecule has 0 bridgehead atoms. The molecule has 0 amide bonds. The van der Waals surface area contributed by atoms with Crippen molar-refractivity contribution >= 4 is 5.97 Å². The van der Waals surface area contributed by atoms with Gasteiger partial charge in [-0.05, 0) is 40.0 Å². The number of esters is 1. The van der Waals surface area contributed by atoms with Gasteiger partial charge in [-0.2, -0.15) is 5.10 Å². The summed E-state index contributed by atoms with van der Waals surface area (Å²) in [6.07, 6.45) is 4.89. The lowest BCUT2D eigenvalue weighted by Gasteiger charge is -2.19. The number of aliphatic hydroxyl groups is 1. The molecular weight excluding hydrogens is 232 g/mol. The van der Waals surface area contributed by atoms with Crippen LogP contribution in [0.2, 0.25) is 0 Å². The van der Waals surface area contributed by atoms with Crippen molar-refractivity contribution in [2.24, 2.45) is 0 Å². The van der Waals surface area contributed by atoms with Gasteiger partial charge in [0, 0.05) is 12.3 Å². The summed E-state index contributed by atoms with van der Waals surface area (Å²) >= 11 is 0. The predicted octanol–water partition coefficient (Wildman–Crippen LogP) is 2.07. The quantitative estimate of drug-likeness (QED) is 0.602. The monoisotopic (exact) mass is 254 g/mol. The highest BCUT2D eigenvalue weighted by Crippen LogP contribution is 2.15. The molecular formula is C13H22N2O3. The summed E-state index contributed by atoms with van der Waals surface area (Å²) in [5.41, 5.74) is 0.818. The van der Waals surface area contributed by atoms with E-state index in [-0.39, 0.29) is 12.6 Å². The first-order valence-electron chi connectivity index (χ1n) is 6.30. The lowest BCUT2D eigenvalue weighted by atomic mass is 10.1. The molecule has 0 atom stereocenters. The van der Waals surface area contributed by atoms with Crippen LogP contribution in [0.3, 0.4) is 0 Å². The maximum Gasteiger partial charge on any atom is 0.342 e. The molecule has 0 spiro atoms. The zero-order chi connectivity index (χ0) is 13.6. The highest BCUT2D eigenvalue weighted by Gasteiger charge is 2.21. The van der Waals surface area contributed by atoms with Crippen LogP contribution in [0.25, 0.3) is 0 Å². The molecule has 0 radical (unpaired) electrons. The van der Waals surface area contributed by atoms with E-state index in [1.165, 1.54) is 6.20 Å². The summed E-state index contributed by atoms with van der Waals surface area (Å²) < 4.78 is 5.31. The molecule has 0 unspecified atom stereocenters. The van der Waals surface area contributed by atoms with Crippen LogP contribution in [0.1, 0.15) is 56.1 Å². The van der Waals surface area contributed by atoms with Crippen molar-refractivity contribution in [3.05, 3.63) is 17.5 Å². The van der Waals surface area contributed by atoms with Gasteiger partial charge in [0.1, 0.15) is 11.2 Å². The Morgan fingerprint density at radius 3 is 2.72 bits per heavy atom. The van der Waals surface area contributed by atoms with E-state index in [9.17, 15) is 4.79 Å². The van der Waals surface area contributed by atoms with Gasteiger partial charge in [0.2, 0.25) is 0 Å². The van der Waals surface area contributed by atoms with Crippen molar-refractivity contribution in [2.75, 3.05) is 6.61 Å². The van der Waals surface area contributed by atoms with E-state index in [1.807, 2.05) is 20.8 Å². The average molecular weight is 254 g/mol. The van der Waals surface area contributed by atoms with E-state index in [0.29, 0.717) is 5.56 Å². The lowest BCUT2D eigenvalue weighted by Crippen LogP contribution is -2.24. The number of carbonyl (C=O) groups is 1. The Bertz CT molecular complexity index is 380. The number of hydrogen-bond donors (Lipinski definition) is 2. The molecule has 0 aliphatic rings. The number of unbranched alkanes of at least 4 members (excludes halogenated alkanes) is 2. The van der Waals surface area contributed by atoms with Crippen LogP contribution in [0.15, 0.2) is 6.20 Å². The van der Waals surface area contributed by atoms with Crippen molar-refractivity contribution in [2.45, 2.75) is 52.1 Å². The SMILES string of the molecule is CC(C)(C)OC(=O)c1cn[nH]c1CCCCCO. The summed E-state index contributed by atoms with van der Waals surface area (Å²) in [5.74, 6) is -0.339. The van der Waals surface area contributed by atoms with E-state index in [4.69, 9.17) is 9.84 Å². The van der Waals surface area contributed by atoms with Crippen LogP contribution in [-0.2, 0) is 11.2 Å². The van der Waals surface area contributed by atoms with Gasteiger partial charge in [0.05, 0.1) is 6.20 Å². The number of aromatic amines is 1. The number of aryl methyl sites for hydroxylation is 1. The number of carbonyl (C=O) groups excluding carboxylic acids is 1. The lowest BCUT2D eigenvalue weighted by molar-refractivity contribution is 0.00684. The molecule has 1 aromatic rings. The average Bonchev–Trinajstić information content (AvgIpc) is 2.70. The zero-order valence-electron chi connectivity index (χ0n) is 11.3. The third-order valence-electron chi connectivity index (χ3n) is 2.42. The zero-order valence-corrected chi connectivity index (χ0v) is 11.3. The summed E-state index contributed by atoms with van der Waals surface area (Å²) in [4.78, 5) is 11.9. The number of rotatable bonds is 6. The highest BCUT2D eigenvalue weighted by molar-refractivity contribution is 5.90. The van der Waals surface area contributed by atoms with Gasteiger partial charge in [-0.1, -0.05) is 6.42 Å². The van der Waals surface area contributed by atoms with Crippen LogP contribution < -0.4 is 0 Å². The Balaban J connectivity index is 2.56. The fraction of sp³-hybridized carbons (Fsp3) is 0.692. The number of aromatic nitrogens is 2. The maximum atomic E-state index is 11.9. The summed E-state index contributed by atoms with van der Waals surface area (Å²) in [5, 5.41) is 15.4. The first-order chi connectivity index (χ1) is 8.44. The molecule has 0 aliphatic heterocycles. The number of ether oxygens (including phenoxy) is 1. The van der Waals surface area contributed by atoms with Gasteiger partial charge in [-0.3, -0.25) is 5.10 Å². The summed E-state index contributed by atoms with van der Waals surface area (Å²) in [6.45, 7) is 5.73. The normalized spacial score (nSPS) is 11.6. The molecule has 1 rings (SSSR count). The second kappa shape index (κ2) is 6.54. The van der Waals surface area contributed by atoms with Gasteiger partial charge in [-0.15, -0.1) is 0 Å². The maximum absolute atomic E-state index is 11.9. The number of hydrogen-bond acceptors (Lipinski definition) is 4. The van der Waals surface area contributed by atoms with Crippen LogP contribution in [0, 0.1) is 0 Å². The molecule has 18 heavy (non-hydrogen) atoms. The van der Waals surface area contributed by atoms with Crippen LogP contribution >= 0.6 is 0 Å². The molecule has 0 saturated carbocycles. The third kappa shape index (κ3) is 4.87. The van der Waals surface area contributed by atoms with E-state index >= 15 is 0 Å². The Morgan fingerprint density at radius 2 is 2.11 bits per heavy atom. The first kappa shape index (κ1) is 14.7. The van der Waals surface area contributed by atoms with Crippen molar-refractivity contribution in [1.82, 2.24) is 10.2 Å². The van der Waals surface area contributed by atoms with Crippen molar-refractivity contribution in [3.63, 3.8) is 0 Å². The fourth-order valence-electron chi connectivity index (χ4n) is 1.60. The Labute approximate surface area is 108 Å². The molecule has 5 nitrogen and oxygen atoms in total. The molecule has 102 valence electrons. The number of aliphatic hydroxyl groups excluding tert-OH is 1. The number of H-pyrrole nitrogens is 1. The largest absolute Gasteiger partial charge is 0.456 e. The van der Waals surface area contributed by atoms with Crippen molar-refractivity contribution in [3.8, 4) is 0 Å². The van der Waals surface area contributed by atoms with Gasteiger partial charge >= 0.3 is 5.97 Å². The third-order valence-corrected chi connectivity index (χ3v) is 2.42. The van der Waals surface area contributed by atoms with Crippen LogP contribution in [0.4, 0.5) is 0 Å². The molecule has 5 heteroatoms. The van der Waals surface area contributed by atoms with Crippen molar-refractivity contribution < 1.29 is 14.6 Å². The highest BCUT2D eigenvalue weighted by atomic mass is 16.6. The second-order valence-corrected chi connectivity index (χ2v) is 5.30. The van der Waals surface area contributed by atoms with Crippen LogP contribution in [-0.4, -0.2) is 33.5 Å². The smallest absolute Gasteiger partial charge is 0.342 e. The van der Waals surface area contributed by atoms with Gasteiger partial charge in [0.15, 0.2) is 0 Å². The molecule has 2 N–H and O–H groups in total. The molecule has 1 heterocycles. The Morgan fingerprint density at radius 1 is 1.39 bits per heavy atom. The number of nitrogens with one attached hydrogen (secondary N) is 1.